The van der Waals surface area contributed by atoms with Crippen molar-refractivity contribution in [2.24, 2.45) is 0 Å². The number of carbonyl (C=O) groups excluding carboxylic acids is 1. The van der Waals surface area contributed by atoms with Gasteiger partial charge in [0.15, 0.2) is 20.0 Å². The van der Waals surface area contributed by atoms with Gasteiger partial charge in [-0.3, -0.25) is 4.79 Å². The molecule has 162 valence electrons. The van der Waals surface area contributed by atoms with Gasteiger partial charge in [0.2, 0.25) is 5.91 Å². The molecule has 29 heavy (non-hydrogen) atoms. The summed E-state index contributed by atoms with van der Waals surface area (Å²) in [4.78, 5) is 15.0. The summed E-state index contributed by atoms with van der Waals surface area (Å²) in [7, 11) is -2.05. The Hall–Kier alpha value is -1.27. The Morgan fingerprint density at radius 3 is 2.28 bits per heavy atom. The minimum atomic E-state index is -2.05. The van der Waals surface area contributed by atoms with Crippen LogP contribution in [0.15, 0.2) is 12.1 Å². The highest BCUT2D eigenvalue weighted by atomic mass is 28.4. The van der Waals surface area contributed by atoms with Crippen molar-refractivity contribution in [1.82, 2.24) is 4.90 Å². The van der Waals surface area contributed by atoms with Crippen LogP contribution in [0.25, 0.3) is 0 Å². The third-order valence-electron chi connectivity index (χ3n) is 7.52. The van der Waals surface area contributed by atoms with Gasteiger partial charge in [-0.25, -0.2) is 8.78 Å². The number of amides is 1. The van der Waals surface area contributed by atoms with Crippen molar-refractivity contribution in [2.75, 3.05) is 0 Å². The zero-order valence-electron chi connectivity index (χ0n) is 19.1. The van der Waals surface area contributed by atoms with E-state index in [2.05, 4.69) is 47.7 Å². The van der Waals surface area contributed by atoms with Crippen LogP contribution in [0.4, 0.5) is 8.78 Å². The van der Waals surface area contributed by atoms with Crippen molar-refractivity contribution in [2.45, 2.75) is 103 Å². The van der Waals surface area contributed by atoms with Gasteiger partial charge in [0.05, 0.1) is 17.2 Å². The average molecular weight is 424 g/mol. The molecule has 2 atom stereocenters. The lowest BCUT2D eigenvalue weighted by atomic mass is 9.83. The Balaban J connectivity index is 2.01. The lowest BCUT2D eigenvalue weighted by molar-refractivity contribution is -0.136. The van der Waals surface area contributed by atoms with Crippen molar-refractivity contribution in [3.8, 4) is 0 Å². The minimum absolute atomic E-state index is 0.0612. The maximum atomic E-state index is 14.2. The summed E-state index contributed by atoms with van der Waals surface area (Å²) in [5.74, 6) is -1.60. The molecule has 3 nitrogen and oxygen atoms in total. The van der Waals surface area contributed by atoms with E-state index in [0.29, 0.717) is 18.4 Å². The molecule has 1 aromatic carbocycles. The molecule has 0 aliphatic carbocycles. The van der Waals surface area contributed by atoms with Gasteiger partial charge in [-0.1, -0.05) is 20.8 Å². The van der Waals surface area contributed by atoms with Crippen LogP contribution in [0.1, 0.15) is 71.4 Å². The second kappa shape index (κ2) is 6.87. The lowest BCUT2D eigenvalue weighted by Gasteiger charge is -2.48. The Bertz CT molecular complexity index is 831. The summed E-state index contributed by atoms with van der Waals surface area (Å²) in [5, 5.41) is 0.0612. The number of nitrogens with zero attached hydrogens (tertiary/aromatic N) is 1. The molecule has 1 amide bonds. The SMILES string of the molecule is Cc1cc(F)c(F)cc1[C@@]12CCC(=O)N1[C@@H](C(C)(C)O[Si](C)(C)C(C)(C)C)CC2. The second-order valence-corrected chi connectivity index (χ2v) is 15.6. The molecule has 0 radical (unpaired) electrons. The molecule has 0 unspecified atom stereocenters. The topological polar surface area (TPSA) is 29.5 Å². The summed E-state index contributed by atoms with van der Waals surface area (Å²) in [6, 6.07) is 2.48. The van der Waals surface area contributed by atoms with Crippen molar-refractivity contribution < 1.29 is 18.0 Å². The van der Waals surface area contributed by atoms with Crippen LogP contribution in [0.3, 0.4) is 0 Å². The Morgan fingerprint density at radius 1 is 1.10 bits per heavy atom. The predicted octanol–water partition coefficient (Wildman–Crippen LogP) is 6.05. The van der Waals surface area contributed by atoms with Crippen LogP contribution < -0.4 is 0 Å². The van der Waals surface area contributed by atoms with E-state index in [1.165, 1.54) is 12.1 Å². The molecule has 2 aliphatic heterocycles. The fourth-order valence-corrected chi connectivity index (χ4v) is 6.86. The minimum Gasteiger partial charge on any atom is -0.410 e. The van der Waals surface area contributed by atoms with Gasteiger partial charge in [-0.2, -0.15) is 0 Å². The van der Waals surface area contributed by atoms with Gasteiger partial charge >= 0.3 is 0 Å². The summed E-state index contributed by atoms with van der Waals surface area (Å²) in [6.07, 6.45) is 2.63. The normalized spacial score (nSPS) is 25.7. The van der Waals surface area contributed by atoms with E-state index in [1.54, 1.807) is 6.92 Å². The van der Waals surface area contributed by atoms with Crippen LogP contribution >= 0.6 is 0 Å². The summed E-state index contributed by atoms with van der Waals surface area (Å²) < 4.78 is 34.7. The highest BCUT2D eigenvalue weighted by Gasteiger charge is 2.59. The monoisotopic (exact) mass is 423 g/mol. The number of carbonyl (C=O) groups is 1. The molecule has 2 saturated heterocycles. The standard InChI is InChI=1S/C23H35F2NO2Si/c1-15-13-17(24)18(25)14-16(15)23-11-9-19(26(23)20(27)10-12-23)22(5,6)28-29(7,8)21(2,3)4/h13-14,19H,9-12H2,1-8H3/t19-,23-/m1/s1. The number of rotatable bonds is 4. The molecule has 2 fully saturated rings. The van der Waals surface area contributed by atoms with Crippen LogP contribution in [-0.4, -0.2) is 30.8 Å². The van der Waals surface area contributed by atoms with Gasteiger partial charge in [-0.15, -0.1) is 0 Å². The molecule has 2 heterocycles. The third kappa shape index (κ3) is 3.56. The average Bonchev–Trinajstić information content (AvgIpc) is 3.08. The first kappa shape index (κ1) is 22.4. The van der Waals surface area contributed by atoms with Gasteiger partial charge in [-0.05, 0) is 81.4 Å². The Kier molecular flexibility index (Phi) is 5.31. The molecule has 0 spiro atoms. The van der Waals surface area contributed by atoms with E-state index >= 15 is 0 Å². The number of hydrogen-bond donors (Lipinski definition) is 0. The van der Waals surface area contributed by atoms with E-state index in [0.717, 1.165) is 18.4 Å². The number of hydrogen-bond acceptors (Lipinski definition) is 2. The molecule has 0 aromatic heterocycles. The molecule has 0 bridgehead atoms. The molecule has 1 aromatic rings. The van der Waals surface area contributed by atoms with Crippen molar-refractivity contribution in [3.63, 3.8) is 0 Å². The van der Waals surface area contributed by atoms with Crippen molar-refractivity contribution in [3.05, 3.63) is 34.9 Å². The van der Waals surface area contributed by atoms with E-state index < -0.39 is 31.1 Å². The lowest BCUT2D eigenvalue weighted by Crippen LogP contribution is -2.57. The zero-order valence-corrected chi connectivity index (χ0v) is 20.1. The first-order valence-electron chi connectivity index (χ1n) is 10.6. The van der Waals surface area contributed by atoms with Gasteiger partial charge < -0.3 is 9.33 Å². The van der Waals surface area contributed by atoms with Gasteiger partial charge in [0.25, 0.3) is 0 Å². The first-order valence-corrected chi connectivity index (χ1v) is 13.5. The third-order valence-corrected chi connectivity index (χ3v) is 12.2. The predicted molar refractivity (Wildman–Crippen MR) is 114 cm³/mol. The summed E-state index contributed by atoms with van der Waals surface area (Å²) in [6.45, 7) is 17.0. The molecule has 3 rings (SSSR count). The maximum absolute atomic E-state index is 14.2. The number of aryl methyl sites for hydroxylation is 1. The van der Waals surface area contributed by atoms with Gasteiger partial charge in [0.1, 0.15) is 0 Å². The van der Waals surface area contributed by atoms with E-state index in [1.807, 2.05) is 4.90 Å². The number of fused-ring (bicyclic) bond motifs is 1. The zero-order chi connectivity index (χ0) is 22.0. The Morgan fingerprint density at radius 2 is 1.69 bits per heavy atom. The number of halogens is 2. The maximum Gasteiger partial charge on any atom is 0.223 e. The number of benzene rings is 1. The van der Waals surface area contributed by atoms with Gasteiger partial charge in [0, 0.05) is 6.42 Å². The quantitative estimate of drug-likeness (QED) is 0.551. The molecule has 2 aliphatic rings. The molecular weight excluding hydrogens is 388 g/mol. The molecule has 0 saturated carbocycles. The highest BCUT2D eigenvalue weighted by Crippen LogP contribution is 2.54. The van der Waals surface area contributed by atoms with Crippen LogP contribution in [0.2, 0.25) is 18.1 Å². The Labute approximate surface area is 174 Å². The fraction of sp³-hybridized carbons (Fsp3) is 0.696. The van der Waals surface area contributed by atoms with Crippen molar-refractivity contribution >= 4 is 14.2 Å². The molecule has 0 N–H and O–H groups in total. The van der Waals surface area contributed by atoms with Crippen LogP contribution in [0, 0.1) is 18.6 Å². The van der Waals surface area contributed by atoms with Crippen molar-refractivity contribution in [1.29, 1.82) is 0 Å². The van der Waals surface area contributed by atoms with E-state index in [9.17, 15) is 13.6 Å². The smallest absolute Gasteiger partial charge is 0.223 e. The van der Waals surface area contributed by atoms with E-state index in [-0.39, 0.29) is 17.0 Å². The largest absolute Gasteiger partial charge is 0.410 e. The highest BCUT2D eigenvalue weighted by molar-refractivity contribution is 6.74. The second-order valence-electron chi connectivity index (χ2n) is 10.9. The van der Waals surface area contributed by atoms with Crippen LogP contribution in [-0.2, 0) is 14.8 Å². The summed E-state index contributed by atoms with van der Waals surface area (Å²) >= 11 is 0. The van der Waals surface area contributed by atoms with E-state index in [4.69, 9.17) is 4.43 Å². The summed E-state index contributed by atoms with van der Waals surface area (Å²) in [5.41, 5.74) is 0.367. The first-order chi connectivity index (χ1) is 13.1. The molecule has 6 heteroatoms. The molecular formula is C23H35F2NO2Si. The van der Waals surface area contributed by atoms with Crippen LogP contribution in [0.5, 0.6) is 0 Å². The fourth-order valence-electron chi connectivity index (χ4n) is 5.10.